The lowest BCUT2D eigenvalue weighted by Crippen LogP contribution is -2.24. The number of hydrogen-bond acceptors (Lipinski definition) is 4. The van der Waals surface area contributed by atoms with Crippen LogP contribution in [0.5, 0.6) is 0 Å². The number of amides is 1. The molecule has 1 aromatic carbocycles. The van der Waals surface area contributed by atoms with E-state index in [4.69, 9.17) is 4.74 Å². The molecule has 0 N–H and O–H groups in total. The molecular formula is C13H15NO3S. The highest BCUT2D eigenvalue weighted by atomic mass is 32.2. The number of fused-ring (bicyclic) bond motifs is 1. The fourth-order valence-corrected chi connectivity index (χ4v) is 2.70. The summed E-state index contributed by atoms with van der Waals surface area (Å²) in [7, 11) is 3.32. The number of hydrogen-bond donors (Lipinski definition) is 0. The Balaban J connectivity index is 2.09. The zero-order valence-corrected chi connectivity index (χ0v) is 11.3. The zero-order chi connectivity index (χ0) is 13.1. The molecule has 1 amide bonds. The summed E-state index contributed by atoms with van der Waals surface area (Å²) in [4.78, 5) is 25.6. The van der Waals surface area contributed by atoms with Gasteiger partial charge in [-0.15, -0.1) is 11.8 Å². The van der Waals surface area contributed by atoms with Crippen molar-refractivity contribution in [2.75, 3.05) is 31.4 Å². The number of anilines is 1. The van der Waals surface area contributed by atoms with Gasteiger partial charge in [0.15, 0.2) is 0 Å². The van der Waals surface area contributed by atoms with Crippen molar-refractivity contribution in [3.05, 3.63) is 23.8 Å². The molecule has 0 spiro atoms. The number of thioether (sulfide) groups is 1. The third-order valence-electron chi connectivity index (χ3n) is 2.84. The number of benzene rings is 1. The Bertz CT molecular complexity index is 487. The Hall–Kier alpha value is -1.33. The summed E-state index contributed by atoms with van der Waals surface area (Å²) in [5, 5.41) is 0. The van der Waals surface area contributed by atoms with Crippen molar-refractivity contribution >= 4 is 29.1 Å². The molecule has 0 radical (unpaired) electrons. The minimum atomic E-state index is -0.452. The SMILES string of the molecule is COCCCSc1ccc2c(c1)N(C)C(=O)C2=O. The molecule has 5 heteroatoms. The monoisotopic (exact) mass is 265 g/mol. The smallest absolute Gasteiger partial charge is 0.299 e. The van der Waals surface area contributed by atoms with Crippen molar-refractivity contribution in [1.82, 2.24) is 0 Å². The summed E-state index contributed by atoms with van der Waals surface area (Å²) >= 11 is 1.70. The normalized spacial score (nSPS) is 14.2. The van der Waals surface area contributed by atoms with Gasteiger partial charge >= 0.3 is 0 Å². The fraction of sp³-hybridized carbons (Fsp3) is 0.385. The van der Waals surface area contributed by atoms with Gasteiger partial charge in [0.05, 0.1) is 11.3 Å². The maximum atomic E-state index is 11.6. The molecule has 0 atom stereocenters. The van der Waals surface area contributed by atoms with Crippen LogP contribution in [0.3, 0.4) is 0 Å². The number of carbonyl (C=O) groups excluding carboxylic acids is 2. The lowest BCUT2D eigenvalue weighted by atomic mass is 10.1. The van der Waals surface area contributed by atoms with Gasteiger partial charge < -0.3 is 9.64 Å². The van der Waals surface area contributed by atoms with Gasteiger partial charge in [-0.3, -0.25) is 9.59 Å². The van der Waals surface area contributed by atoms with Crippen LogP contribution in [0.15, 0.2) is 23.1 Å². The molecule has 0 fully saturated rings. The van der Waals surface area contributed by atoms with Crippen molar-refractivity contribution in [3.8, 4) is 0 Å². The minimum Gasteiger partial charge on any atom is -0.385 e. The summed E-state index contributed by atoms with van der Waals surface area (Å²) in [6.07, 6.45) is 0.978. The number of likely N-dealkylation sites (N-methyl/N-ethyl adjacent to an activating group) is 1. The Morgan fingerprint density at radius 2 is 2.11 bits per heavy atom. The van der Waals surface area contributed by atoms with E-state index in [1.54, 1.807) is 32.0 Å². The summed E-state index contributed by atoms with van der Waals surface area (Å²) in [5.74, 6) is 0.0908. The van der Waals surface area contributed by atoms with Gasteiger partial charge in [-0.1, -0.05) is 0 Å². The maximum Gasteiger partial charge on any atom is 0.299 e. The number of rotatable bonds is 5. The molecule has 0 aliphatic carbocycles. The van der Waals surface area contributed by atoms with E-state index in [2.05, 4.69) is 0 Å². The van der Waals surface area contributed by atoms with E-state index in [0.29, 0.717) is 11.3 Å². The van der Waals surface area contributed by atoms with Crippen LogP contribution in [0.2, 0.25) is 0 Å². The van der Waals surface area contributed by atoms with E-state index in [-0.39, 0.29) is 0 Å². The van der Waals surface area contributed by atoms with Gasteiger partial charge in [0.2, 0.25) is 0 Å². The molecule has 0 bridgehead atoms. The molecule has 1 aliphatic heterocycles. The number of methoxy groups -OCH3 is 1. The van der Waals surface area contributed by atoms with Crippen LogP contribution >= 0.6 is 11.8 Å². The molecule has 0 saturated carbocycles. The van der Waals surface area contributed by atoms with E-state index in [1.165, 1.54) is 4.90 Å². The standard InChI is InChI=1S/C13H15NO3S/c1-14-11-8-9(18-7-3-6-17-2)4-5-10(11)12(15)13(14)16/h4-5,8H,3,6-7H2,1-2H3. The zero-order valence-electron chi connectivity index (χ0n) is 10.4. The molecule has 1 heterocycles. The quantitative estimate of drug-likeness (QED) is 0.464. The van der Waals surface area contributed by atoms with Crippen LogP contribution in [-0.2, 0) is 9.53 Å². The topological polar surface area (TPSA) is 46.6 Å². The Morgan fingerprint density at radius 1 is 1.33 bits per heavy atom. The number of carbonyl (C=O) groups is 2. The fourth-order valence-electron chi connectivity index (χ4n) is 1.84. The van der Waals surface area contributed by atoms with Crippen LogP contribution in [-0.4, -0.2) is 38.2 Å². The largest absolute Gasteiger partial charge is 0.385 e. The highest BCUT2D eigenvalue weighted by Gasteiger charge is 2.33. The summed E-state index contributed by atoms with van der Waals surface area (Å²) in [6.45, 7) is 0.745. The first-order chi connectivity index (χ1) is 8.65. The third-order valence-corrected chi connectivity index (χ3v) is 3.92. The maximum absolute atomic E-state index is 11.6. The van der Waals surface area contributed by atoms with Crippen molar-refractivity contribution in [2.24, 2.45) is 0 Å². The van der Waals surface area contributed by atoms with Crippen LogP contribution in [0, 0.1) is 0 Å². The van der Waals surface area contributed by atoms with E-state index in [1.807, 2.05) is 12.1 Å². The number of ketones is 1. The summed E-state index contributed by atoms with van der Waals surface area (Å²) < 4.78 is 4.99. The lowest BCUT2D eigenvalue weighted by Gasteiger charge is -2.10. The van der Waals surface area contributed by atoms with E-state index < -0.39 is 11.7 Å². The predicted molar refractivity (Wildman–Crippen MR) is 71.4 cm³/mol. The van der Waals surface area contributed by atoms with E-state index in [0.717, 1.165) is 23.7 Å². The van der Waals surface area contributed by atoms with Gasteiger partial charge in [-0.05, 0) is 24.6 Å². The van der Waals surface area contributed by atoms with Gasteiger partial charge in [0.1, 0.15) is 0 Å². The second-order valence-corrected chi connectivity index (χ2v) is 5.24. The number of nitrogens with zero attached hydrogens (tertiary/aromatic N) is 1. The van der Waals surface area contributed by atoms with Gasteiger partial charge in [0.25, 0.3) is 11.7 Å². The van der Waals surface area contributed by atoms with Crippen LogP contribution in [0.1, 0.15) is 16.8 Å². The highest BCUT2D eigenvalue weighted by Crippen LogP contribution is 2.32. The lowest BCUT2D eigenvalue weighted by molar-refractivity contribution is -0.114. The molecular weight excluding hydrogens is 250 g/mol. The third kappa shape index (κ3) is 2.42. The van der Waals surface area contributed by atoms with Crippen molar-refractivity contribution in [3.63, 3.8) is 0 Å². The van der Waals surface area contributed by atoms with Gasteiger partial charge in [-0.25, -0.2) is 0 Å². The highest BCUT2D eigenvalue weighted by molar-refractivity contribution is 7.99. The van der Waals surface area contributed by atoms with Crippen LogP contribution in [0.25, 0.3) is 0 Å². The van der Waals surface area contributed by atoms with Gasteiger partial charge in [-0.2, -0.15) is 0 Å². The van der Waals surface area contributed by atoms with Crippen molar-refractivity contribution < 1.29 is 14.3 Å². The molecule has 1 aromatic rings. The molecule has 0 unspecified atom stereocenters. The molecule has 0 aromatic heterocycles. The molecule has 0 saturated heterocycles. The van der Waals surface area contributed by atoms with E-state index in [9.17, 15) is 9.59 Å². The Labute approximate surface area is 110 Å². The average molecular weight is 265 g/mol. The first-order valence-electron chi connectivity index (χ1n) is 5.73. The first kappa shape index (κ1) is 13.1. The van der Waals surface area contributed by atoms with Crippen LogP contribution < -0.4 is 4.90 Å². The molecule has 18 heavy (non-hydrogen) atoms. The molecule has 2 rings (SSSR count). The second kappa shape index (κ2) is 5.54. The van der Waals surface area contributed by atoms with Crippen molar-refractivity contribution in [1.29, 1.82) is 0 Å². The van der Waals surface area contributed by atoms with Crippen molar-refractivity contribution in [2.45, 2.75) is 11.3 Å². The van der Waals surface area contributed by atoms with Crippen LogP contribution in [0.4, 0.5) is 5.69 Å². The number of ether oxygens (including phenoxy) is 1. The minimum absolute atomic E-state index is 0.413. The Morgan fingerprint density at radius 3 is 2.83 bits per heavy atom. The average Bonchev–Trinajstić information content (AvgIpc) is 2.60. The molecule has 1 aliphatic rings. The predicted octanol–water partition coefficient (Wildman–Crippen LogP) is 1.97. The molecule has 4 nitrogen and oxygen atoms in total. The first-order valence-corrected chi connectivity index (χ1v) is 6.72. The summed E-state index contributed by atoms with van der Waals surface area (Å²) in [5.41, 5.74) is 1.21. The summed E-state index contributed by atoms with van der Waals surface area (Å²) in [6, 6.07) is 5.52. The molecule has 96 valence electrons. The van der Waals surface area contributed by atoms with E-state index >= 15 is 0 Å². The second-order valence-electron chi connectivity index (χ2n) is 4.07. The number of Topliss-reactive ketones (excluding diaryl/α,β-unsaturated/α-hetero) is 1. The van der Waals surface area contributed by atoms with Gasteiger partial charge in [0, 0.05) is 31.4 Å². The Kier molecular flexibility index (Phi) is 4.04.